The molecule has 0 aliphatic rings. The van der Waals surface area contributed by atoms with Crippen LogP contribution in [0.4, 0.5) is 0 Å². The molecular weight excluding hydrogens is 420 g/mol. The van der Waals surface area contributed by atoms with E-state index in [1.807, 2.05) is 47.1 Å². The van der Waals surface area contributed by atoms with E-state index in [4.69, 9.17) is 24.4 Å². The topological polar surface area (TPSA) is 82.8 Å². The van der Waals surface area contributed by atoms with Crippen LogP contribution in [0.3, 0.4) is 0 Å². The van der Waals surface area contributed by atoms with Crippen LogP contribution in [0.15, 0.2) is 42.5 Å². The molecule has 0 fully saturated rings. The molecule has 0 bridgehead atoms. The van der Waals surface area contributed by atoms with E-state index in [2.05, 4.69) is 27.7 Å². The summed E-state index contributed by atoms with van der Waals surface area (Å²) in [6, 6.07) is 13.6. The van der Waals surface area contributed by atoms with Crippen LogP contribution in [0.2, 0.25) is 0 Å². The van der Waals surface area contributed by atoms with Gasteiger partial charge in [0.2, 0.25) is 0 Å². The van der Waals surface area contributed by atoms with Crippen molar-refractivity contribution in [1.29, 1.82) is 0 Å². The third kappa shape index (κ3) is 5.48. The molecule has 176 valence electrons. The van der Waals surface area contributed by atoms with E-state index in [0.717, 1.165) is 22.4 Å². The number of carboxylic acids is 1. The van der Waals surface area contributed by atoms with Gasteiger partial charge < -0.3 is 19.3 Å². The Balaban J connectivity index is 2.21. The summed E-state index contributed by atoms with van der Waals surface area (Å²) in [6.07, 6.45) is 0. The standard InChI is InChI=1S/C26H32N2O5/c1-16(2)14-28-22(19-8-7-9-24(31-5)26(19)32-6)13-21(27-28)20-12-18(17(3)4)10-11-23(20)33-15-25(29)30/h7-13,16-17H,14-15H2,1-6H3,(H,29,30). The lowest BCUT2D eigenvalue weighted by molar-refractivity contribution is -0.139. The number of hydrogen-bond acceptors (Lipinski definition) is 5. The average Bonchev–Trinajstić information content (AvgIpc) is 3.19. The van der Waals surface area contributed by atoms with Gasteiger partial charge in [0.1, 0.15) is 5.75 Å². The molecule has 0 aliphatic heterocycles. The van der Waals surface area contributed by atoms with Crippen LogP contribution in [0, 0.1) is 5.92 Å². The number of carbonyl (C=O) groups is 1. The predicted molar refractivity (Wildman–Crippen MR) is 128 cm³/mol. The van der Waals surface area contributed by atoms with Crippen molar-refractivity contribution in [2.45, 2.75) is 40.2 Å². The summed E-state index contributed by atoms with van der Waals surface area (Å²) in [5.74, 6) is 1.39. The number of aromatic nitrogens is 2. The van der Waals surface area contributed by atoms with Gasteiger partial charge in [-0.05, 0) is 47.7 Å². The van der Waals surface area contributed by atoms with Crippen LogP contribution in [0.1, 0.15) is 39.2 Å². The van der Waals surface area contributed by atoms with Crippen molar-refractivity contribution in [3.05, 3.63) is 48.0 Å². The fraction of sp³-hybridized carbons (Fsp3) is 0.385. The minimum Gasteiger partial charge on any atom is -0.493 e. The molecule has 0 atom stereocenters. The highest BCUT2D eigenvalue weighted by molar-refractivity contribution is 5.78. The lowest BCUT2D eigenvalue weighted by atomic mass is 9.98. The molecule has 0 saturated carbocycles. The number of nitrogens with zero attached hydrogens (tertiary/aromatic N) is 2. The molecule has 0 aliphatic carbocycles. The average molecular weight is 453 g/mol. The smallest absolute Gasteiger partial charge is 0.341 e. The fourth-order valence-corrected chi connectivity index (χ4v) is 3.71. The van der Waals surface area contributed by atoms with E-state index >= 15 is 0 Å². The quantitative estimate of drug-likeness (QED) is 0.439. The molecule has 7 nitrogen and oxygen atoms in total. The minimum atomic E-state index is -1.03. The summed E-state index contributed by atoms with van der Waals surface area (Å²) in [6.45, 7) is 8.77. The Morgan fingerprint density at radius 3 is 2.36 bits per heavy atom. The molecule has 7 heteroatoms. The zero-order valence-corrected chi connectivity index (χ0v) is 20.1. The second-order valence-corrected chi connectivity index (χ2v) is 8.62. The number of para-hydroxylation sites is 1. The zero-order valence-electron chi connectivity index (χ0n) is 20.1. The highest BCUT2D eigenvalue weighted by Gasteiger charge is 2.21. The lowest BCUT2D eigenvalue weighted by Gasteiger charge is -2.14. The molecule has 0 amide bonds. The Labute approximate surface area is 194 Å². The maximum absolute atomic E-state index is 11.1. The molecule has 2 aromatic carbocycles. The fourth-order valence-electron chi connectivity index (χ4n) is 3.71. The first-order valence-corrected chi connectivity index (χ1v) is 11.0. The number of aliphatic carboxylic acids is 1. The molecule has 33 heavy (non-hydrogen) atoms. The monoisotopic (exact) mass is 452 g/mol. The summed E-state index contributed by atoms with van der Waals surface area (Å²) in [5, 5.41) is 14.0. The predicted octanol–water partition coefficient (Wildman–Crippen LogP) is 5.48. The molecule has 3 aromatic rings. The first-order chi connectivity index (χ1) is 15.7. The maximum Gasteiger partial charge on any atom is 0.341 e. The van der Waals surface area contributed by atoms with Crippen molar-refractivity contribution in [1.82, 2.24) is 9.78 Å². The molecule has 0 spiro atoms. The van der Waals surface area contributed by atoms with Crippen LogP contribution in [-0.2, 0) is 11.3 Å². The van der Waals surface area contributed by atoms with Crippen molar-refractivity contribution in [2.24, 2.45) is 5.92 Å². The van der Waals surface area contributed by atoms with Crippen LogP contribution in [0.25, 0.3) is 22.5 Å². The van der Waals surface area contributed by atoms with Gasteiger partial charge in [-0.15, -0.1) is 0 Å². The molecule has 0 unspecified atom stereocenters. The van der Waals surface area contributed by atoms with Crippen molar-refractivity contribution < 1.29 is 24.1 Å². The molecule has 0 radical (unpaired) electrons. The second kappa shape index (κ2) is 10.4. The summed E-state index contributed by atoms with van der Waals surface area (Å²) < 4.78 is 18.7. The first-order valence-electron chi connectivity index (χ1n) is 11.0. The highest BCUT2D eigenvalue weighted by atomic mass is 16.5. The largest absolute Gasteiger partial charge is 0.493 e. The number of rotatable bonds is 10. The molecule has 0 saturated heterocycles. The van der Waals surface area contributed by atoms with E-state index in [-0.39, 0.29) is 0 Å². The normalized spacial score (nSPS) is 11.2. The van der Waals surface area contributed by atoms with Crippen LogP contribution >= 0.6 is 0 Å². The summed E-state index contributed by atoms with van der Waals surface area (Å²) >= 11 is 0. The Kier molecular flexibility index (Phi) is 7.63. The van der Waals surface area contributed by atoms with Gasteiger partial charge in [-0.2, -0.15) is 5.10 Å². The van der Waals surface area contributed by atoms with Gasteiger partial charge in [0.25, 0.3) is 0 Å². The third-order valence-corrected chi connectivity index (χ3v) is 5.29. The van der Waals surface area contributed by atoms with Crippen molar-refractivity contribution in [2.75, 3.05) is 20.8 Å². The van der Waals surface area contributed by atoms with Gasteiger partial charge in [0.05, 0.1) is 25.6 Å². The van der Waals surface area contributed by atoms with Crippen LogP contribution in [-0.4, -0.2) is 41.7 Å². The van der Waals surface area contributed by atoms with Gasteiger partial charge in [-0.3, -0.25) is 4.68 Å². The summed E-state index contributed by atoms with van der Waals surface area (Å²) in [7, 11) is 3.23. The number of ether oxygens (including phenoxy) is 3. The maximum atomic E-state index is 11.1. The molecule has 1 aromatic heterocycles. The summed E-state index contributed by atoms with van der Waals surface area (Å²) in [4.78, 5) is 11.1. The number of carboxylic acid groups (broad SMARTS) is 1. The van der Waals surface area contributed by atoms with Crippen molar-refractivity contribution >= 4 is 5.97 Å². The van der Waals surface area contributed by atoms with E-state index in [0.29, 0.717) is 41.3 Å². The lowest BCUT2D eigenvalue weighted by Crippen LogP contribution is -2.10. The second-order valence-electron chi connectivity index (χ2n) is 8.62. The Bertz CT molecular complexity index is 1120. The highest BCUT2D eigenvalue weighted by Crippen LogP contribution is 2.41. The van der Waals surface area contributed by atoms with Gasteiger partial charge >= 0.3 is 5.97 Å². The Morgan fingerprint density at radius 2 is 1.76 bits per heavy atom. The van der Waals surface area contributed by atoms with Crippen molar-refractivity contribution in [3.8, 4) is 39.8 Å². The third-order valence-electron chi connectivity index (χ3n) is 5.29. The van der Waals surface area contributed by atoms with E-state index in [1.54, 1.807) is 14.2 Å². The van der Waals surface area contributed by atoms with Crippen molar-refractivity contribution in [3.63, 3.8) is 0 Å². The van der Waals surface area contributed by atoms with E-state index in [1.165, 1.54) is 0 Å². The number of methoxy groups -OCH3 is 2. The van der Waals surface area contributed by atoms with Crippen LogP contribution < -0.4 is 14.2 Å². The number of benzene rings is 2. The molecule has 1 N–H and O–H groups in total. The first kappa shape index (κ1) is 24.2. The summed E-state index contributed by atoms with van der Waals surface area (Å²) in [5.41, 5.74) is 4.33. The molecule has 3 rings (SSSR count). The van der Waals surface area contributed by atoms with Gasteiger partial charge in [0, 0.05) is 17.7 Å². The Hall–Kier alpha value is -3.48. The van der Waals surface area contributed by atoms with Crippen LogP contribution in [0.5, 0.6) is 17.2 Å². The minimum absolute atomic E-state index is 0.299. The van der Waals surface area contributed by atoms with E-state index in [9.17, 15) is 4.79 Å². The zero-order chi connectivity index (χ0) is 24.1. The molecular formula is C26H32N2O5. The van der Waals surface area contributed by atoms with Gasteiger partial charge in [-0.25, -0.2) is 4.79 Å². The van der Waals surface area contributed by atoms with Gasteiger partial charge in [0.15, 0.2) is 18.1 Å². The van der Waals surface area contributed by atoms with Gasteiger partial charge in [-0.1, -0.05) is 39.8 Å². The van der Waals surface area contributed by atoms with E-state index < -0.39 is 12.6 Å². The SMILES string of the molecule is COc1cccc(-c2cc(-c3cc(C(C)C)ccc3OCC(=O)O)nn2CC(C)C)c1OC. The Morgan fingerprint density at radius 1 is 1.00 bits per heavy atom. The molecule has 1 heterocycles. The number of hydrogen-bond donors (Lipinski definition) is 1.